The molecular formula is C26H26ClN7O3. The molecule has 190 valence electrons. The van der Waals surface area contributed by atoms with Gasteiger partial charge in [0.05, 0.1) is 22.8 Å². The Hall–Kier alpha value is -4.28. The van der Waals surface area contributed by atoms with E-state index in [-0.39, 0.29) is 12.5 Å². The fourth-order valence-electron chi connectivity index (χ4n) is 3.21. The van der Waals surface area contributed by atoms with Crippen molar-refractivity contribution in [2.24, 2.45) is 0 Å². The molecule has 37 heavy (non-hydrogen) atoms. The summed E-state index contributed by atoms with van der Waals surface area (Å²) in [5, 5.41) is 10.5. The Bertz CT molecular complexity index is 1360. The highest BCUT2D eigenvalue weighted by molar-refractivity contribution is 6.32. The topological polar surface area (TPSA) is 118 Å². The van der Waals surface area contributed by atoms with E-state index >= 15 is 0 Å². The minimum absolute atomic E-state index is 0.207. The molecule has 0 saturated carbocycles. The van der Waals surface area contributed by atoms with Crippen molar-refractivity contribution in [2.45, 2.75) is 13.2 Å². The van der Waals surface area contributed by atoms with Crippen molar-refractivity contribution in [1.29, 1.82) is 0 Å². The number of nitrogens with zero attached hydrogens (tertiary/aromatic N) is 5. The van der Waals surface area contributed by atoms with E-state index in [1.807, 2.05) is 43.3 Å². The maximum absolute atomic E-state index is 12.0. The highest BCUT2D eigenvalue weighted by Gasteiger charge is 2.14. The van der Waals surface area contributed by atoms with E-state index in [1.165, 1.54) is 12.4 Å². The minimum Gasteiger partial charge on any atom is -0.486 e. The number of hydrogen-bond donors (Lipinski definition) is 2. The van der Waals surface area contributed by atoms with Crippen LogP contribution in [0.15, 0.2) is 77.9 Å². The summed E-state index contributed by atoms with van der Waals surface area (Å²) >= 11 is 6.44. The average Bonchev–Trinajstić information content (AvgIpc) is 3.37. The molecule has 0 aliphatic carbocycles. The first kappa shape index (κ1) is 25.8. The van der Waals surface area contributed by atoms with E-state index in [2.05, 4.69) is 30.7 Å². The molecule has 0 spiro atoms. The zero-order valence-corrected chi connectivity index (χ0v) is 21.1. The first-order valence-corrected chi connectivity index (χ1v) is 11.8. The number of anilines is 2. The van der Waals surface area contributed by atoms with Gasteiger partial charge in [0.2, 0.25) is 5.91 Å². The number of carbonyl (C=O) groups excluding carboxylic acids is 1. The van der Waals surface area contributed by atoms with E-state index in [0.717, 1.165) is 5.69 Å². The smallest absolute Gasteiger partial charge is 0.244 e. The van der Waals surface area contributed by atoms with E-state index in [4.69, 9.17) is 20.9 Å². The zero-order chi connectivity index (χ0) is 26.0. The highest BCUT2D eigenvalue weighted by atomic mass is 35.5. The molecule has 1 aromatic carbocycles. The molecule has 0 saturated heterocycles. The number of aromatic nitrogens is 4. The summed E-state index contributed by atoms with van der Waals surface area (Å²) < 4.78 is 11.3. The molecule has 1 amide bonds. The highest BCUT2D eigenvalue weighted by Crippen LogP contribution is 2.32. The molecule has 11 heteroatoms. The van der Waals surface area contributed by atoms with Gasteiger partial charge in [0.25, 0.3) is 0 Å². The van der Waals surface area contributed by atoms with Gasteiger partial charge < -0.3 is 24.8 Å². The Morgan fingerprint density at radius 2 is 2.05 bits per heavy atom. The van der Waals surface area contributed by atoms with Crippen LogP contribution in [-0.4, -0.2) is 51.6 Å². The van der Waals surface area contributed by atoms with Crippen molar-refractivity contribution >= 4 is 29.0 Å². The Balaban J connectivity index is 1.40. The number of pyridine rings is 1. The van der Waals surface area contributed by atoms with Crippen LogP contribution in [0.4, 0.5) is 11.5 Å². The Morgan fingerprint density at radius 1 is 1.16 bits per heavy atom. The Kier molecular flexibility index (Phi) is 8.79. The van der Waals surface area contributed by atoms with Gasteiger partial charge in [-0.3, -0.25) is 9.78 Å². The number of amides is 1. The molecular weight excluding hydrogens is 494 g/mol. The second-order valence-electron chi connectivity index (χ2n) is 8.23. The third-order valence-electron chi connectivity index (χ3n) is 5.02. The predicted molar refractivity (Wildman–Crippen MR) is 140 cm³/mol. The average molecular weight is 520 g/mol. The molecule has 0 radical (unpaired) electrons. The van der Waals surface area contributed by atoms with Crippen LogP contribution in [-0.2, 0) is 17.9 Å². The third kappa shape index (κ3) is 7.60. The van der Waals surface area contributed by atoms with Gasteiger partial charge in [-0.25, -0.2) is 9.97 Å². The SMILES string of the molecule is CN(C)C/C=C/C(=O)NCc1cc(-c2cncnc2Nc2ccc(OCc3ccccn3)c(Cl)c2)on1. The van der Waals surface area contributed by atoms with Crippen LogP contribution >= 0.6 is 11.6 Å². The molecule has 0 unspecified atom stereocenters. The van der Waals surface area contributed by atoms with Crippen LogP contribution in [0.3, 0.4) is 0 Å². The lowest BCUT2D eigenvalue weighted by molar-refractivity contribution is -0.116. The van der Waals surface area contributed by atoms with Gasteiger partial charge in [0.15, 0.2) is 5.76 Å². The largest absolute Gasteiger partial charge is 0.486 e. The first-order chi connectivity index (χ1) is 18.0. The van der Waals surface area contributed by atoms with E-state index in [1.54, 1.807) is 36.7 Å². The molecule has 2 N–H and O–H groups in total. The van der Waals surface area contributed by atoms with Crippen LogP contribution in [0.25, 0.3) is 11.3 Å². The summed E-state index contributed by atoms with van der Waals surface area (Å²) in [6.45, 7) is 1.21. The molecule has 3 heterocycles. The fourth-order valence-corrected chi connectivity index (χ4v) is 3.44. The first-order valence-electron chi connectivity index (χ1n) is 11.4. The normalized spacial score (nSPS) is 11.1. The molecule has 0 bridgehead atoms. The fraction of sp³-hybridized carbons (Fsp3) is 0.192. The van der Waals surface area contributed by atoms with Gasteiger partial charge in [-0.1, -0.05) is 28.9 Å². The van der Waals surface area contributed by atoms with Crippen molar-refractivity contribution in [1.82, 2.24) is 30.3 Å². The van der Waals surface area contributed by atoms with Gasteiger partial charge >= 0.3 is 0 Å². The Morgan fingerprint density at radius 3 is 2.84 bits per heavy atom. The molecule has 4 rings (SSSR count). The summed E-state index contributed by atoms with van der Waals surface area (Å²) in [7, 11) is 3.86. The standard InChI is InChI=1S/C26H26ClN7O3/c1-34(2)11-5-7-25(35)30-14-20-13-24(37-33-20)21-15-28-17-31-26(21)32-18-8-9-23(22(27)12-18)36-16-19-6-3-4-10-29-19/h3-10,12-13,15,17H,11,14,16H2,1-2H3,(H,30,35)(H,28,31,32)/b7-5+. The second-order valence-corrected chi connectivity index (χ2v) is 8.64. The van der Waals surface area contributed by atoms with Crippen molar-refractivity contribution in [3.63, 3.8) is 0 Å². The number of hydrogen-bond acceptors (Lipinski definition) is 9. The number of likely N-dealkylation sites (N-methyl/N-ethyl adjacent to an activating group) is 1. The van der Waals surface area contributed by atoms with Crippen LogP contribution in [0.5, 0.6) is 5.75 Å². The molecule has 4 aromatic rings. The summed E-state index contributed by atoms with van der Waals surface area (Å²) in [6.07, 6.45) is 8.04. The maximum atomic E-state index is 12.0. The number of benzene rings is 1. The third-order valence-corrected chi connectivity index (χ3v) is 5.31. The van der Waals surface area contributed by atoms with Crippen molar-refractivity contribution in [3.05, 3.63) is 89.7 Å². The maximum Gasteiger partial charge on any atom is 0.244 e. The van der Waals surface area contributed by atoms with Crippen molar-refractivity contribution < 1.29 is 14.1 Å². The molecule has 0 aliphatic heterocycles. The second kappa shape index (κ2) is 12.6. The van der Waals surface area contributed by atoms with Crippen LogP contribution in [0.2, 0.25) is 5.02 Å². The number of carbonyl (C=O) groups is 1. The number of rotatable bonds is 11. The van der Waals surface area contributed by atoms with Gasteiger partial charge in [-0.05, 0) is 44.4 Å². The van der Waals surface area contributed by atoms with Gasteiger partial charge in [-0.2, -0.15) is 0 Å². The predicted octanol–water partition coefficient (Wildman–Crippen LogP) is 4.24. The molecule has 0 aliphatic rings. The van der Waals surface area contributed by atoms with Crippen LogP contribution < -0.4 is 15.4 Å². The molecule has 0 fully saturated rings. The van der Waals surface area contributed by atoms with Crippen molar-refractivity contribution in [2.75, 3.05) is 26.0 Å². The van der Waals surface area contributed by atoms with E-state index in [0.29, 0.717) is 52.4 Å². The lowest BCUT2D eigenvalue weighted by atomic mass is 10.2. The summed E-state index contributed by atoms with van der Waals surface area (Å²) in [4.78, 5) is 26.6. The molecule has 0 atom stereocenters. The monoisotopic (exact) mass is 519 g/mol. The van der Waals surface area contributed by atoms with Gasteiger partial charge in [0.1, 0.15) is 30.2 Å². The van der Waals surface area contributed by atoms with Gasteiger partial charge in [-0.15, -0.1) is 0 Å². The number of halogens is 1. The van der Waals surface area contributed by atoms with Crippen molar-refractivity contribution in [3.8, 4) is 17.1 Å². The molecule has 3 aromatic heterocycles. The number of nitrogens with one attached hydrogen (secondary N) is 2. The van der Waals surface area contributed by atoms with Crippen LogP contribution in [0, 0.1) is 0 Å². The van der Waals surface area contributed by atoms with Crippen LogP contribution in [0.1, 0.15) is 11.4 Å². The zero-order valence-electron chi connectivity index (χ0n) is 20.4. The number of ether oxygens (including phenoxy) is 1. The lowest BCUT2D eigenvalue weighted by Gasteiger charge is -2.11. The lowest BCUT2D eigenvalue weighted by Crippen LogP contribution is -2.21. The van der Waals surface area contributed by atoms with E-state index in [9.17, 15) is 4.79 Å². The van der Waals surface area contributed by atoms with E-state index < -0.39 is 0 Å². The summed E-state index contributed by atoms with van der Waals surface area (Å²) in [5.41, 5.74) is 2.67. The summed E-state index contributed by atoms with van der Waals surface area (Å²) in [5.74, 6) is 1.30. The quantitative estimate of drug-likeness (QED) is 0.280. The summed E-state index contributed by atoms with van der Waals surface area (Å²) in [6, 6.07) is 12.7. The minimum atomic E-state index is -0.207. The van der Waals surface area contributed by atoms with Gasteiger partial charge in [0, 0.05) is 36.8 Å². The Labute approximate surface area is 219 Å². The molecule has 10 nitrogen and oxygen atoms in total.